The Labute approximate surface area is 94.4 Å². The third-order valence-corrected chi connectivity index (χ3v) is 3.31. The van der Waals surface area contributed by atoms with Gasteiger partial charge < -0.3 is 0 Å². The topological polar surface area (TPSA) is 0 Å². The van der Waals surface area contributed by atoms with Gasteiger partial charge >= 0.3 is 0 Å². The van der Waals surface area contributed by atoms with E-state index in [1.807, 2.05) is 0 Å². The number of hydrogen-bond donors (Lipinski definition) is 0. The second kappa shape index (κ2) is 3.78. The molecule has 14 heavy (non-hydrogen) atoms. The van der Waals surface area contributed by atoms with Gasteiger partial charge in [0.2, 0.25) is 0 Å². The molecule has 1 fully saturated rings. The predicted molar refractivity (Wildman–Crippen MR) is 56.1 cm³/mol. The molecule has 1 aliphatic rings. The zero-order chi connectivity index (χ0) is 10.3. The van der Waals surface area contributed by atoms with Gasteiger partial charge in [-0.1, -0.05) is 27.5 Å². The molecule has 0 nitrogen and oxygen atoms in total. The highest BCUT2D eigenvalue weighted by Gasteiger charge is 2.28. The minimum Gasteiger partial charge on any atom is -0.205 e. The van der Waals surface area contributed by atoms with Gasteiger partial charge in [-0.3, -0.25) is 0 Å². The number of benzene rings is 1. The van der Waals surface area contributed by atoms with Crippen LogP contribution < -0.4 is 0 Å². The van der Waals surface area contributed by atoms with E-state index in [4.69, 9.17) is 11.6 Å². The van der Waals surface area contributed by atoms with Crippen molar-refractivity contribution >= 4 is 27.5 Å². The van der Waals surface area contributed by atoms with Crippen molar-refractivity contribution < 1.29 is 8.78 Å². The molecular weight excluding hydrogens is 273 g/mol. The van der Waals surface area contributed by atoms with Crippen LogP contribution in [0.3, 0.4) is 0 Å². The lowest BCUT2D eigenvalue weighted by Crippen LogP contribution is -1.90. The summed E-state index contributed by atoms with van der Waals surface area (Å²) in [5.74, 6) is 0.462. The van der Waals surface area contributed by atoms with Gasteiger partial charge in [0.1, 0.15) is 0 Å². The van der Waals surface area contributed by atoms with Crippen LogP contribution in [-0.4, -0.2) is 0 Å². The first kappa shape index (κ1) is 10.4. The maximum Gasteiger partial charge on any atom is 0.263 e. The van der Waals surface area contributed by atoms with E-state index in [0.29, 0.717) is 15.4 Å². The second-order valence-corrected chi connectivity index (χ2v) is 4.73. The molecule has 2 rings (SSSR count). The molecule has 0 amide bonds. The molecule has 76 valence electrons. The van der Waals surface area contributed by atoms with Gasteiger partial charge in [-0.2, -0.15) is 0 Å². The molecule has 4 heteroatoms. The first-order valence-electron chi connectivity index (χ1n) is 4.36. The van der Waals surface area contributed by atoms with E-state index in [2.05, 4.69) is 15.9 Å². The highest BCUT2D eigenvalue weighted by molar-refractivity contribution is 9.10. The van der Waals surface area contributed by atoms with E-state index in [0.717, 1.165) is 18.4 Å². The SMILES string of the molecule is FC(F)c1cc(Cl)c(C2CC2)c(Br)c1. The van der Waals surface area contributed by atoms with E-state index in [-0.39, 0.29) is 5.56 Å². The minimum absolute atomic E-state index is 0.0220. The largest absolute Gasteiger partial charge is 0.263 e. The Bertz CT molecular complexity index is 338. The molecule has 0 aromatic heterocycles. The van der Waals surface area contributed by atoms with Crippen LogP contribution in [-0.2, 0) is 0 Å². The highest BCUT2D eigenvalue weighted by atomic mass is 79.9. The molecule has 0 atom stereocenters. The molecule has 1 aromatic carbocycles. The van der Waals surface area contributed by atoms with Gasteiger partial charge in [0, 0.05) is 15.1 Å². The molecule has 1 saturated carbocycles. The Morgan fingerprint density at radius 1 is 1.36 bits per heavy atom. The lowest BCUT2D eigenvalue weighted by Gasteiger charge is -2.08. The minimum atomic E-state index is -2.46. The maximum atomic E-state index is 12.4. The summed E-state index contributed by atoms with van der Waals surface area (Å²) in [7, 11) is 0. The lowest BCUT2D eigenvalue weighted by atomic mass is 10.1. The molecule has 0 unspecified atom stereocenters. The van der Waals surface area contributed by atoms with Crippen LogP contribution in [0.15, 0.2) is 16.6 Å². The van der Waals surface area contributed by atoms with Gasteiger partial charge in [0.15, 0.2) is 0 Å². The van der Waals surface area contributed by atoms with Crippen molar-refractivity contribution in [2.45, 2.75) is 25.2 Å². The first-order chi connectivity index (χ1) is 6.59. The third kappa shape index (κ3) is 1.94. The quantitative estimate of drug-likeness (QED) is 0.722. The summed E-state index contributed by atoms with van der Waals surface area (Å²) in [4.78, 5) is 0. The van der Waals surface area contributed by atoms with Gasteiger partial charge in [0.25, 0.3) is 6.43 Å². The van der Waals surface area contributed by atoms with Gasteiger partial charge in [-0.25, -0.2) is 8.78 Å². The monoisotopic (exact) mass is 280 g/mol. The molecule has 0 aliphatic heterocycles. The van der Waals surface area contributed by atoms with Gasteiger partial charge in [0.05, 0.1) is 0 Å². The van der Waals surface area contributed by atoms with Crippen LogP contribution in [0.5, 0.6) is 0 Å². The summed E-state index contributed by atoms with van der Waals surface area (Å²) >= 11 is 9.24. The van der Waals surface area contributed by atoms with E-state index >= 15 is 0 Å². The molecular formula is C10H8BrClF2. The van der Waals surface area contributed by atoms with Crippen LogP contribution in [0.2, 0.25) is 5.02 Å². The van der Waals surface area contributed by atoms with Gasteiger partial charge in [-0.15, -0.1) is 0 Å². The molecule has 0 bridgehead atoms. The average Bonchev–Trinajstić information content (AvgIpc) is 2.86. The molecule has 0 heterocycles. The van der Waals surface area contributed by atoms with Crippen LogP contribution >= 0.6 is 27.5 Å². The summed E-state index contributed by atoms with van der Waals surface area (Å²) < 4.78 is 25.5. The van der Waals surface area contributed by atoms with Crippen molar-refractivity contribution in [3.63, 3.8) is 0 Å². The van der Waals surface area contributed by atoms with Crippen molar-refractivity contribution in [1.82, 2.24) is 0 Å². The van der Waals surface area contributed by atoms with Crippen molar-refractivity contribution in [3.05, 3.63) is 32.8 Å². The third-order valence-electron chi connectivity index (χ3n) is 2.34. The highest BCUT2D eigenvalue weighted by Crippen LogP contribution is 2.47. The molecule has 0 N–H and O–H groups in total. The molecule has 1 aliphatic carbocycles. The smallest absolute Gasteiger partial charge is 0.205 e. The van der Waals surface area contributed by atoms with Crippen LogP contribution in [0.1, 0.15) is 36.3 Å². The summed E-state index contributed by atoms with van der Waals surface area (Å²) in [6.07, 6.45) is -0.254. The zero-order valence-corrected chi connectivity index (χ0v) is 9.58. The number of rotatable bonds is 2. The Kier molecular flexibility index (Phi) is 2.80. The fraction of sp³-hybridized carbons (Fsp3) is 0.400. The van der Waals surface area contributed by atoms with E-state index < -0.39 is 6.43 Å². The summed E-state index contributed by atoms with van der Waals surface area (Å²) in [5, 5.41) is 0.456. The Balaban J connectivity index is 2.44. The fourth-order valence-corrected chi connectivity index (χ4v) is 2.79. The molecule has 0 spiro atoms. The van der Waals surface area contributed by atoms with Crippen molar-refractivity contribution in [2.24, 2.45) is 0 Å². The molecule has 1 aromatic rings. The molecule has 0 saturated heterocycles. The zero-order valence-electron chi connectivity index (χ0n) is 7.24. The van der Waals surface area contributed by atoms with E-state index in [1.165, 1.54) is 12.1 Å². The fourth-order valence-electron chi connectivity index (χ4n) is 1.49. The normalized spacial score (nSPS) is 16.4. The van der Waals surface area contributed by atoms with E-state index in [1.54, 1.807) is 0 Å². The standard InChI is InChI=1S/C10H8BrClF2/c11-7-3-6(10(13)14)4-8(12)9(7)5-1-2-5/h3-5,10H,1-2H2. The summed E-state index contributed by atoms with van der Waals surface area (Å²) in [5.41, 5.74) is 0.961. The lowest BCUT2D eigenvalue weighted by molar-refractivity contribution is 0.151. The number of alkyl halides is 2. The Morgan fingerprint density at radius 3 is 2.43 bits per heavy atom. The number of hydrogen-bond acceptors (Lipinski definition) is 0. The van der Waals surface area contributed by atoms with Crippen molar-refractivity contribution in [2.75, 3.05) is 0 Å². The first-order valence-corrected chi connectivity index (χ1v) is 5.53. The van der Waals surface area contributed by atoms with E-state index in [9.17, 15) is 8.78 Å². The van der Waals surface area contributed by atoms with Crippen LogP contribution in [0.4, 0.5) is 8.78 Å². The Morgan fingerprint density at radius 2 is 2.00 bits per heavy atom. The number of halogens is 4. The Hall–Kier alpha value is -0.150. The average molecular weight is 282 g/mol. The summed E-state index contributed by atoms with van der Waals surface area (Å²) in [6, 6.07) is 2.83. The van der Waals surface area contributed by atoms with Crippen molar-refractivity contribution in [1.29, 1.82) is 0 Å². The second-order valence-electron chi connectivity index (χ2n) is 3.47. The molecule has 0 radical (unpaired) electrons. The van der Waals surface area contributed by atoms with Crippen LogP contribution in [0, 0.1) is 0 Å². The predicted octanol–water partition coefficient (Wildman–Crippen LogP) is 4.92. The maximum absolute atomic E-state index is 12.4. The van der Waals surface area contributed by atoms with Crippen LogP contribution in [0.25, 0.3) is 0 Å². The van der Waals surface area contributed by atoms with Crippen molar-refractivity contribution in [3.8, 4) is 0 Å². The van der Waals surface area contributed by atoms with Gasteiger partial charge in [-0.05, 0) is 36.5 Å². The summed E-state index contributed by atoms with van der Waals surface area (Å²) in [6.45, 7) is 0.